The zero-order chi connectivity index (χ0) is 13.0. The second-order valence-corrected chi connectivity index (χ2v) is 6.30. The van der Waals surface area contributed by atoms with E-state index in [0.29, 0.717) is 5.92 Å². The van der Waals surface area contributed by atoms with Crippen molar-refractivity contribution in [2.75, 3.05) is 0 Å². The Kier molecular flexibility index (Phi) is 5.50. The van der Waals surface area contributed by atoms with Gasteiger partial charge in [-0.2, -0.15) is 0 Å². The Morgan fingerprint density at radius 1 is 1.06 bits per heavy atom. The molecule has 0 amide bonds. The van der Waals surface area contributed by atoms with Crippen molar-refractivity contribution < 1.29 is 9.78 Å². The summed E-state index contributed by atoms with van der Waals surface area (Å²) in [6.45, 7) is 14.5. The lowest BCUT2D eigenvalue weighted by molar-refractivity contribution is -0.373. The van der Waals surface area contributed by atoms with Gasteiger partial charge in [0.2, 0.25) is 0 Å². The minimum atomic E-state index is -0.307. The van der Waals surface area contributed by atoms with E-state index < -0.39 is 0 Å². The van der Waals surface area contributed by atoms with Crippen LogP contribution < -0.4 is 5.73 Å². The van der Waals surface area contributed by atoms with Gasteiger partial charge in [-0.15, -0.1) is 0 Å². The highest BCUT2D eigenvalue weighted by Gasteiger charge is 2.29. The average molecular weight is 229 g/mol. The van der Waals surface area contributed by atoms with Gasteiger partial charge in [0.1, 0.15) is 6.10 Å². The average Bonchev–Trinajstić information content (AvgIpc) is 2.08. The lowest BCUT2D eigenvalue weighted by Gasteiger charge is -2.33. The van der Waals surface area contributed by atoms with Gasteiger partial charge in [-0.25, -0.2) is 9.78 Å². The molecule has 0 saturated carbocycles. The van der Waals surface area contributed by atoms with Gasteiger partial charge in [0.25, 0.3) is 0 Å². The fraction of sp³-hybridized carbons (Fsp3) is 0.846. The van der Waals surface area contributed by atoms with E-state index >= 15 is 0 Å². The molecule has 0 radical (unpaired) electrons. The standard InChI is InChI=1S/C13H27NO2/c1-10(12(2,3)4)11(8-9-14)15-16-13(5,6)7/h8-11H,14H2,1-7H3/b9-8+. The van der Waals surface area contributed by atoms with Crippen molar-refractivity contribution in [2.45, 2.75) is 60.2 Å². The highest BCUT2D eigenvalue weighted by Crippen LogP contribution is 2.31. The summed E-state index contributed by atoms with van der Waals surface area (Å²) >= 11 is 0. The lowest BCUT2D eigenvalue weighted by atomic mass is 9.78. The molecule has 2 atom stereocenters. The summed E-state index contributed by atoms with van der Waals surface area (Å²) in [5.41, 5.74) is 5.27. The summed E-state index contributed by atoms with van der Waals surface area (Å²) in [7, 11) is 0. The largest absolute Gasteiger partial charge is 0.405 e. The van der Waals surface area contributed by atoms with E-state index in [0.717, 1.165) is 0 Å². The molecule has 0 spiro atoms. The van der Waals surface area contributed by atoms with Crippen molar-refractivity contribution >= 4 is 0 Å². The van der Waals surface area contributed by atoms with E-state index in [4.69, 9.17) is 15.5 Å². The predicted octanol–water partition coefficient (Wildman–Crippen LogP) is 3.26. The molecule has 0 fully saturated rings. The van der Waals surface area contributed by atoms with Crippen LogP contribution in [-0.4, -0.2) is 11.7 Å². The number of nitrogens with two attached hydrogens (primary N) is 1. The van der Waals surface area contributed by atoms with Crippen LogP contribution in [0.5, 0.6) is 0 Å². The SMILES string of the molecule is CC(C(/C=C/N)OOC(C)(C)C)C(C)(C)C. The second-order valence-electron chi connectivity index (χ2n) is 6.30. The third-order valence-corrected chi connectivity index (χ3v) is 2.57. The van der Waals surface area contributed by atoms with Crippen molar-refractivity contribution in [3.05, 3.63) is 12.3 Å². The van der Waals surface area contributed by atoms with Gasteiger partial charge in [-0.05, 0) is 44.4 Å². The summed E-state index contributed by atoms with van der Waals surface area (Å²) in [6.07, 6.45) is 3.23. The van der Waals surface area contributed by atoms with Crippen LogP contribution in [0.1, 0.15) is 48.5 Å². The van der Waals surface area contributed by atoms with Gasteiger partial charge >= 0.3 is 0 Å². The van der Waals surface area contributed by atoms with Gasteiger partial charge in [0.15, 0.2) is 0 Å². The predicted molar refractivity (Wildman–Crippen MR) is 67.7 cm³/mol. The van der Waals surface area contributed by atoms with Crippen LogP contribution in [0.4, 0.5) is 0 Å². The van der Waals surface area contributed by atoms with Crippen LogP contribution in [0, 0.1) is 11.3 Å². The highest BCUT2D eigenvalue weighted by molar-refractivity contribution is 4.92. The molecule has 3 heteroatoms. The van der Waals surface area contributed by atoms with E-state index in [-0.39, 0.29) is 17.1 Å². The molecular weight excluding hydrogens is 202 g/mol. The van der Waals surface area contributed by atoms with Crippen molar-refractivity contribution in [2.24, 2.45) is 17.1 Å². The summed E-state index contributed by atoms with van der Waals surface area (Å²) in [5.74, 6) is 0.314. The maximum atomic E-state index is 5.47. The van der Waals surface area contributed by atoms with Gasteiger partial charge in [-0.1, -0.05) is 27.7 Å². The summed E-state index contributed by atoms with van der Waals surface area (Å²) < 4.78 is 0. The zero-order valence-corrected chi connectivity index (χ0v) is 11.7. The molecule has 0 heterocycles. The molecule has 2 N–H and O–H groups in total. The zero-order valence-electron chi connectivity index (χ0n) is 11.7. The first-order chi connectivity index (χ1) is 7.08. The van der Waals surface area contributed by atoms with Crippen LogP contribution >= 0.6 is 0 Å². The van der Waals surface area contributed by atoms with Gasteiger partial charge < -0.3 is 5.73 Å². The Morgan fingerprint density at radius 3 is 1.88 bits per heavy atom. The van der Waals surface area contributed by atoms with Crippen LogP contribution in [0.2, 0.25) is 0 Å². The molecule has 0 aromatic heterocycles. The molecule has 0 aliphatic heterocycles. The van der Waals surface area contributed by atoms with E-state index in [1.807, 2.05) is 26.8 Å². The highest BCUT2D eigenvalue weighted by atomic mass is 17.2. The van der Waals surface area contributed by atoms with E-state index in [1.54, 1.807) is 0 Å². The van der Waals surface area contributed by atoms with Crippen molar-refractivity contribution in [1.82, 2.24) is 0 Å². The Bertz CT molecular complexity index is 223. The van der Waals surface area contributed by atoms with Crippen molar-refractivity contribution in [3.63, 3.8) is 0 Å². The Hall–Kier alpha value is -0.540. The normalized spacial score (nSPS) is 17.7. The summed E-state index contributed by atoms with van der Waals surface area (Å²) in [5, 5.41) is 0. The molecule has 0 rings (SSSR count). The number of rotatable bonds is 4. The van der Waals surface area contributed by atoms with Gasteiger partial charge in [-0.3, -0.25) is 0 Å². The maximum absolute atomic E-state index is 5.47. The van der Waals surface area contributed by atoms with Gasteiger partial charge in [0, 0.05) is 0 Å². The first-order valence-electron chi connectivity index (χ1n) is 5.81. The van der Waals surface area contributed by atoms with Crippen LogP contribution in [0.3, 0.4) is 0 Å². The smallest absolute Gasteiger partial charge is 0.116 e. The second kappa shape index (κ2) is 5.69. The summed E-state index contributed by atoms with van der Waals surface area (Å²) in [4.78, 5) is 10.8. The molecule has 0 saturated heterocycles. The molecule has 96 valence electrons. The Balaban J connectivity index is 4.51. The van der Waals surface area contributed by atoms with Crippen molar-refractivity contribution in [3.8, 4) is 0 Å². The molecule has 3 nitrogen and oxygen atoms in total. The fourth-order valence-electron chi connectivity index (χ4n) is 1.08. The molecule has 0 aromatic carbocycles. The van der Waals surface area contributed by atoms with E-state index in [2.05, 4.69) is 27.7 Å². The first kappa shape index (κ1) is 15.5. The molecule has 2 unspecified atom stereocenters. The quantitative estimate of drug-likeness (QED) is 0.594. The Labute approximate surface area is 99.9 Å². The third kappa shape index (κ3) is 6.13. The molecular formula is C13H27NO2. The minimum absolute atomic E-state index is 0.121. The van der Waals surface area contributed by atoms with Crippen molar-refractivity contribution in [1.29, 1.82) is 0 Å². The van der Waals surface area contributed by atoms with E-state index in [9.17, 15) is 0 Å². The monoisotopic (exact) mass is 229 g/mol. The molecule has 0 aliphatic rings. The minimum Gasteiger partial charge on any atom is -0.405 e. The fourth-order valence-corrected chi connectivity index (χ4v) is 1.08. The maximum Gasteiger partial charge on any atom is 0.116 e. The third-order valence-electron chi connectivity index (χ3n) is 2.57. The lowest BCUT2D eigenvalue weighted by Crippen LogP contribution is -2.33. The van der Waals surface area contributed by atoms with Crippen LogP contribution in [-0.2, 0) is 9.78 Å². The number of hydrogen-bond acceptors (Lipinski definition) is 3. The summed E-state index contributed by atoms with van der Waals surface area (Å²) in [6, 6.07) is 0. The first-order valence-corrected chi connectivity index (χ1v) is 5.81. The van der Waals surface area contributed by atoms with E-state index in [1.165, 1.54) is 6.20 Å². The number of hydrogen-bond donors (Lipinski definition) is 1. The van der Waals surface area contributed by atoms with Gasteiger partial charge in [0.05, 0.1) is 5.60 Å². The Morgan fingerprint density at radius 2 is 1.56 bits per heavy atom. The van der Waals surface area contributed by atoms with Crippen LogP contribution in [0.15, 0.2) is 12.3 Å². The molecule has 0 bridgehead atoms. The molecule has 16 heavy (non-hydrogen) atoms. The molecule has 0 aliphatic carbocycles. The molecule has 0 aromatic rings. The van der Waals surface area contributed by atoms with Crippen LogP contribution in [0.25, 0.3) is 0 Å². The topological polar surface area (TPSA) is 44.5 Å².